The summed E-state index contributed by atoms with van der Waals surface area (Å²) >= 11 is 0. The van der Waals surface area contributed by atoms with E-state index < -0.39 is 60.3 Å². The summed E-state index contributed by atoms with van der Waals surface area (Å²) in [7, 11) is 0. The molecular weight excluding hydrogens is 428 g/mol. The highest BCUT2D eigenvalue weighted by atomic mass is 16.7. The van der Waals surface area contributed by atoms with E-state index >= 15 is 0 Å². The van der Waals surface area contributed by atoms with E-state index in [4.69, 9.17) is 9.47 Å². The second-order valence-corrected chi connectivity index (χ2v) is 7.07. The van der Waals surface area contributed by atoms with Crippen molar-refractivity contribution in [2.75, 3.05) is 6.61 Å². The molecule has 0 amide bonds. The molecule has 3 rings (SSSR count). The number of aliphatic hydroxyl groups excluding tert-OH is 4. The summed E-state index contributed by atoms with van der Waals surface area (Å²) in [6.45, 7) is -0.680. The zero-order valence-corrected chi connectivity index (χ0v) is 16.4. The van der Waals surface area contributed by atoms with Crippen LogP contribution in [-0.2, 0) is 4.74 Å². The van der Waals surface area contributed by atoms with Gasteiger partial charge in [0.25, 0.3) is 0 Å². The fourth-order valence-electron chi connectivity index (χ4n) is 3.05. The summed E-state index contributed by atoms with van der Waals surface area (Å²) < 4.78 is 10.4. The number of ether oxygens (including phenoxy) is 2. The van der Waals surface area contributed by atoms with Gasteiger partial charge in [-0.2, -0.15) is 0 Å². The SMILES string of the molecule is O=C(/C=C/c1ccc(O)c(O)c1)c1ccc(OC2O[C@H](CO)C(O)[C@H](O)C2O)c(O)c1O. The van der Waals surface area contributed by atoms with E-state index in [-0.39, 0.29) is 17.1 Å². The highest BCUT2D eigenvalue weighted by Crippen LogP contribution is 2.40. The first-order valence-electron chi connectivity index (χ1n) is 9.40. The van der Waals surface area contributed by atoms with Crippen LogP contribution in [0.3, 0.4) is 0 Å². The molecule has 0 aliphatic carbocycles. The molecular formula is C21H22O11. The standard InChI is InChI=1S/C21H22O11/c22-8-15-18(28)19(29)20(30)21(32-15)31-14-6-3-10(16(26)17(14)27)11(23)4-1-9-2-5-12(24)13(25)7-9/h1-7,15,18-22,24-30H,8H2/b4-1+/t15-,18?,19+,20?,21?/m1/s1. The second kappa shape index (κ2) is 9.42. The Kier molecular flexibility index (Phi) is 6.87. The number of ketones is 1. The third-order valence-corrected chi connectivity index (χ3v) is 4.90. The van der Waals surface area contributed by atoms with Gasteiger partial charge >= 0.3 is 0 Å². The van der Waals surface area contributed by atoms with Gasteiger partial charge in [0.1, 0.15) is 24.4 Å². The van der Waals surface area contributed by atoms with E-state index in [0.717, 1.165) is 18.2 Å². The zero-order valence-electron chi connectivity index (χ0n) is 16.4. The monoisotopic (exact) mass is 450 g/mol. The van der Waals surface area contributed by atoms with Crippen molar-refractivity contribution in [3.63, 3.8) is 0 Å². The van der Waals surface area contributed by atoms with Crippen LogP contribution in [0.25, 0.3) is 6.08 Å². The number of aromatic hydroxyl groups is 4. The molecule has 1 heterocycles. The van der Waals surface area contributed by atoms with Crippen molar-refractivity contribution in [2.24, 2.45) is 0 Å². The molecule has 1 saturated heterocycles. The Labute approximate surface area is 181 Å². The van der Waals surface area contributed by atoms with Gasteiger partial charge in [0.15, 0.2) is 28.8 Å². The molecule has 1 aliphatic heterocycles. The van der Waals surface area contributed by atoms with Gasteiger partial charge in [-0.25, -0.2) is 0 Å². The van der Waals surface area contributed by atoms with Crippen LogP contribution in [0, 0.1) is 0 Å². The number of carbonyl (C=O) groups is 1. The predicted molar refractivity (Wildman–Crippen MR) is 107 cm³/mol. The Morgan fingerprint density at radius 1 is 0.938 bits per heavy atom. The average molecular weight is 450 g/mol. The molecule has 32 heavy (non-hydrogen) atoms. The van der Waals surface area contributed by atoms with Crippen molar-refractivity contribution < 1.29 is 55.1 Å². The minimum Gasteiger partial charge on any atom is -0.504 e. The summed E-state index contributed by atoms with van der Waals surface area (Å²) in [5.41, 5.74) is 0.0998. The molecule has 1 fully saturated rings. The number of hydrogen-bond donors (Lipinski definition) is 8. The van der Waals surface area contributed by atoms with Crippen LogP contribution in [0.2, 0.25) is 0 Å². The first-order chi connectivity index (χ1) is 15.1. The molecule has 172 valence electrons. The van der Waals surface area contributed by atoms with Crippen LogP contribution in [0.15, 0.2) is 36.4 Å². The maximum atomic E-state index is 12.4. The summed E-state index contributed by atoms with van der Waals surface area (Å²) in [4.78, 5) is 12.4. The number of rotatable bonds is 6. The maximum Gasteiger partial charge on any atom is 0.229 e. The number of hydrogen-bond acceptors (Lipinski definition) is 11. The minimum absolute atomic E-state index is 0.289. The van der Waals surface area contributed by atoms with E-state index in [0.29, 0.717) is 5.56 Å². The Morgan fingerprint density at radius 3 is 2.31 bits per heavy atom. The van der Waals surface area contributed by atoms with Crippen LogP contribution in [0.4, 0.5) is 0 Å². The lowest BCUT2D eigenvalue weighted by atomic mass is 9.99. The first-order valence-corrected chi connectivity index (χ1v) is 9.40. The summed E-state index contributed by atoms with van der Waals surface area (Å²) in [6, 6.07) is 6.13. The van der Waals surface area contributed by atoms with Crippen molar-refractivity contribution in [3.8, 4) is 28.7 Å². The molecule has 0 aromatic heterocycles. The van der Waals surface area contributed by atoms with Crippen molar-refractivity contribution in [1.82, 2.24) is 0 Å². The molecule has 11 nitrogen and oxygen atoms in total. The fourth-order valence-corrected chi connectivity index (χ4v) is 3.05. The molecule has 5 atom stereocenters. The number of aliphatic hydroxyl groups is 4. The highest BCUT2D eigenvalue weighted by Gasteiger charge is 2.45. The van der Waals surface area contributed by atoms with Crippen LogP contribution < -0.4 is 4.74 Å². The lowest BCUT2D eigenvalue weighted by molar-refractivity contribution is -0.277. The maximum absolute atomic E-state index is 12.4. The third kappa shape index (κ3) is 4.61. The lowest BCUT2D eigenvalue weighted by Gasteiger charge is -2.39. The van der Waals surface area contributed by atoms with Gasteiger partial charge in [0, 0.05) is 0 Å². The molecule has 2 aromatic carbocycles. The van der Waals surface area contributed by atoms with Crippen LogP contribution in [0.1, 0.15) is 15.9 Å². The zero-order chi connectivity index (χ0) is 23.6. The molecule has 0 saturated carbocycles. The predicted octanol–water partition coefficient (Wildman–Crippen LogP) is -0.416. The Balaban J connectivity index is 1.78. The smallest absolute Gasteiger partial charge is 0.229 e. The summed E-state index contributed by atoms with van der Waals surface area (Å²) in [5, 5.41) is 78.1. The van der Waals surface area contributed by atoms with Crippen molar-refractivity contribution in [3.05, 3.63) is 47.5 Å². The van der Waals surface area contributed by atoms with E-state index in [2.05, 4.69) is 0 Å². The van der Waals surface area contributed by atoms with Gasteiger partial charge in [-0.3, -0.25) is 4.79 Å². The van der Waals surface area contributed by atoms with Crippen LogP contribution >= 0.6 is 0 Å². The third-order valence-electron chi connectivity index (χ3n) is 4.90. The van der Waals surface area contributed by atoms with Gasteiger partial charge < -0.3 is 50.3 Å². The lowest BCUT2D eigenvalue weighted by Crippen LogP contribution is -2.60. The number of benzene rings is 2. The molecule has 0 radical (unpaired) electrons. The van der Waals surface area contributed by atoms with Crippen molar-refractivity contribution in [1.29, 1.82) is 0 Å². The quantitative estimate of drug-likeness (QED) is 0.162. The molecule has 0 bridgehead atoms. The van der Waals surface area contributed by atoms with Gasteiger partial charge in [0.05, 0.1) is 12.2 Å². The van der Waals surface area contributed by atoms with Gasteiger partial charge in [-0.15, -0.1) is 0 Å². The van der Waals surface area contributed by atoms with Gasteiger partial charge in [0.2, 0.25) is 12.0 Å². The van der Waals surface area contributed by atoms with Crippen LogP contribution in [0.5, 0.6) is 28.7 Å². The van der Waals surface area contributed by atoms with Crippen LogP contribution in [-0.4, -0.2) is 83.9 Å². The molecule has 2 aromatic rings. The Hall–Kier alpha value is -3.35. The molecule has 0 spiro atoms. The molecule has 11 heteroatoms. The van der Waals surface area contributed by atoms with Gasteiger partial charge in [-0.05, 0) is 35.9 Å². The van der Waals surface area contributed by atoms with Crippen molar-refractivity contribution >= 4 is 11.9 Å². The average Bonchev–Trinajstić information content (AvgIpc) is 2.77. The molecule has 1 aliphatic rings. The highest BCUT2D eigenvalue weighted by molar-refractivity contribution is 6.09. The van der Waals surface area contributed by atoms with E-state index in [1.165, 1.54) is 24.3 Å². The normalized spacial score (nSPS) is 25.7. The summed E-state index contributed by atoms with van der Waals surface area (Å²) in [5.74, 6) is -3.47. The Bertz CT molecular complexity index is 1020. The molecule has 3 unspecified atom stereocenters. The van der Waals surface area contributed by atoms with E-state index in [1.54, 1.807) is 0 Å². The fraction of sp³-hybridized carbons (Fsp3) is 0.286. The number of phenols is 4. The topological polar surface area (TPSA) is 197 Å². The first kappa shape index (κ1) is 23.3. The second-order valence-electron chi connectivity index (χ2n) is 7.07. The van der Waals surface area contributed by atoms with Gasteiger partial charge in [-0.1, -0.05) is 12.1 Å². The number of allylic oxidation sites excluding steroid dienone is 1. The van der Waals surface area contributed by atoms with E-state index in [9.17, 15) is 45.6 Å². The minimum atomic E-state index is -1.74. The Morgan fingerprint density at radius 2 is 1.66 bits per heavy atom. The van der Waals surface area contributed by atoms with E-state index in [1.807, 2.05) is 0 Å². The number of phenolic OH excluding ortho intramolecular Hbond substituents is 4. The largest absolute Gasteiger partial charge is 0.504 e. The van der Waals surface area contributed by atoms with Crippen molar-refractivity contribution in [2.45, 2.75) is 30.7 Å². The number of carbonyl (C=O) groups excluding carboxylic acids is 1. The summed E-state index contributed by atoms with van der Waals surface area (Å²) in [6.07, 6.45) is -5.49. The molecule has 8 N–H and O–H groups in total.